The Kier molecular flexibility index (Phi) is 4.18. The predicted molar refractivity (Wildman–Crippen MR) is 66.1 cm³/mol. The van der Waals surface area contributed by atoms with E-state index in [4.69, 9.17) is 17.3 Å². The zero-order valence-electron chi connectivity index (χ0n) is 9.25. The first-order chi connectivity index (χ1) is 7.38. The van der Waals surface area contributed by atoms with E-state index in [1.165, 1.54) is 12.1 Å². The number of nitrogens with two attached hydrogens (primary N) is 1. The maximum atomic E-state index is 11.9. The lowest BCUT2D eigenvalue weighted by molar-refractivity contribution is 0.580. The van der Waals surface area contributed by atoms with Crippen molar-refractivity contribution in [1.29, 1.82) is 0 Å². The maximum Gasteiger partial charge on any atom is 0.240 e. The molecule has 16 heavy (non-hydrogen) atoms. The summed E-state index contributed by atoms with van der Waals surface area (Å²) in [6, 6.07) is 2.95. The van der Waals surface area contributed by atoms with E-state index in [0.717, 1.165) is 6.42 Å². The second-order valence-electron chi connectivity index (χ2n) is 3.52. The Morgan fingerprint density at radius 1 is 1.44 bits per heavy atom. The lowest BCUT2D eigenvalue weighted by Gasteiger charge is -2.11. The molecule has 0 amide bonds. The van der Waals surface area contributed by atoms with E-state index >= 15 is 0 Å². The summed E-state index contributed by atoms with van der Waals surface area (Å²) in [7, 11) is -3.51. The Morgan fingerprint density at radius 2 is 2.06 bits per heavy atom. The number of hydrogen-bond donors (Lipinski definition) is 2. The molecule has 1 aromatic rings. The molecule has 0 heterocycles. The lowest BCUT2D eigenvalue weighted by atomic mass is 10.2. The van der Waals surface area contributed by atoms with Gasteiger partial charge in [-0.25, -0.2) is 13.1 Å². The summed E-state index contributed by atoms with van der Waals surface area (Å²) in [6.45, 7) is 3.95. The predicted octanol–water partition coefficient (Wildman–Crippen LogP) is 1.92. The van der Waals surface area contributed by atoms with Crippen LogP contribution >= 0.6 is 11.6 Å². The van der Waals surface area contributed by atoms with Gasteiger partial charge in [0, 0.05) is 17.3 Å². The number of anilines is 1. The summed E-state index contributed by atoms with van der Waals surface area (Å²) >= 11 is 5.79. The first kappa shape index (κ1) is 13.3. The zero-order chi connectivity index (χ0) is 12.3. The van der Waals surface area contributed by atoms with Crippen LogP contribution in [0.4, 0.5) is 5.69 Å². The number of hydrogen-bond acceptors (Lipinski definition) is 3. The Morgan fingerprint density at radius 3 is 2.62 bits per heavy atom. The van der Waals surface area contributed by atoms with Crippen molar-refractivity contribution < 1.29 is 8.42 Å². The molecule has 1 rings (SSSR count). The van der Waals surface area contributed by atoms with Crippen LogP contribution in [-0.4, -0.2) is 15.0 Å². The molecular formula is C10H15ClN2O2S. The minimum Gasteiger partial charge on any atom is -0.398 e. The SMILES string of the molecule is CCCNS(=O)(=O)c1cc(Cl)cc(N)c1C. The Balaban J connectivity index is 3.22. The molecule has 0 bridgehead atoms. The third-order valence-corrected chi connectivity index (χ3v) is 4.00. The number of nitrogen functional groups attached to an aromatic ring is 1. The molecule has 3 N–H and O–H groups in total. The van der Waals surface area contributed by atoms with E-state index in [2.05, 4.69) is 4.72 Å². The van der Waals surface area contributed by atoms with E-state index in [0.29, 0.717) is 22.8 Å². The molecule has 0 atom stereocenters. The minimum absolute atomic E-state index is 0.144. The molecule has 0 saturated carbocycles. The Hall–Kier alpha value is -0.780. The maximum absolute atomic E-state index is 11.9. The number of benzene rings is 1. The van der Waals surface area contributed by atoms with Crippen molar-refractivity contribution in [1.82, 2.24) is 4.72 Å². The van der Waals surface area contributed by atoms with Crippen LogP contribution < -0.4 is 10.5 Å². The summed E-state index contributed by atoms with van der Waals surface area (Å²) in [6.07, 6.45) is 0.730. The second-order valence-corrected chi connectivity index (χ2v) is 5.69. The van der Waals surface area contributed by atoms with Gasteiger partial charge < -0.3 is 5.73 Å². The summed E-state index contributed by atoms with van der Waals surface area (Å²) in [5.41, 5.74) is 6.57. The molecule has 90 valence electrons. The molecule has 0 aromatic heterocycles. The van der Waals surface area contributed by atoms with Crippen LogP contribution in [-0.2, 0) is 10.0 Å². The fraction of sp³-hybridized carbons (Fsp3) is 0.400. The van der Waals surface area contributed by atoms with Crippen molar-refractivity contribution >= 4 is 27.3 Å². The van der Waals surface area contributed by atoms with Crippen molar-refractivity contribution in [2.75, 3.05) is 12.3 Å². The number of sulfonamides is 1. The molecule has 0 saturated heterocycles. The van der Waals surface area contributed by atoms with E-state index in [9.17, 15) is 8.42 Å². The largest absolute Gasteiger partial charge is 0.398 e. The van der Waals surface area contributed by atoms with Crippen LogP contribution in [0.1, 0.15) is 18.9 Å². The van der Waals surface area contributed by atoms with E-state index < -0.39 is 10.0 Å². The number of rotatable bonds is 4. The van der Waals surface area contributed by atoms with Gasteiger partial charge >= 0.3 is 0 Å². The van der Waals surface area contributed by atoms with E-state index in [1.807, 2.05) is 6.92 Å². The molecule has 0 aliphatic rings. The quantitative estimate of drug-likeness (QED) is 0.815. The molecule has 4 nitrogen and oxygen atoms in total. The van der Waals surface area contributed by atoms with Gasteiger partial charge in [-0.2, -0.15) is 0 Å². The first-order valence-electron chi connectivity index (χ1n) is 4.93. The highest BCUT2D eigenvalue weighted by Crippen LogP contribution is 2.25. The summed E-state index contributed by atoms with van der Waals surface area (Å²) in [5.74, 6) is 0. The molecular weight excluding hydrogens is 248 g/mol. The molecule has 1 aromatic carbocycles. The first-order valence-corrected chi connectivity index (χ1v) is 6.80. The van der Waals surface area contributed by atoms with Crippen LogP contribution in [0, 0.1) is 6.92 Å². The molecule has 0 radical (unpaired) electrons. The third kappa shape index (κ3) is 2.87. The van der Waals surface area contributed by atoms with Gasteiger partial charge in [-0.05, 0) is 31.0 Å². The van der Waals surface area contributed by atoms with E-state index in [1.54, 1.807) is 6.92 Å². The van der Waals surface area contributed by atoms with Crippen LogP contribution in [0.5, 0.6) is 0 Å². The second kappa shape index (κ2) is 5.03. The Bertz CT molecular complexity index is 486. The highest BCUT2D eigenvalue weighted by molar-refractivity contribution is 7.89. The van der Waals surface area contributed by atoms with Gasteiger partial charge in [0.25, 0.3) is 0 Å². The van der Waals surface area contributed by atoms with Crippen LogP contribution in [0.25, 0.3) is 0 Å². The van der Waals surface area contributed by atoms with Gasteiger partial charge in [0.1, 0.15) is 0 Å². The van der Waals surface area contributed by atoms with E-state index in [-0.39, 0.29) is 4.90 Å². The van der Waals surface area contributed by atoms with Crippen LogP contribution in [0.2, 0.25) is 5.02 Å². The van der Waals surface area contributed by atoms with Crippen molar-refractivity contribution in [3.8, 4) is 0 Å². The van der Waals surface area contributed by atoms with Gasteiger partial charge in [0.15, 0.2) is 0 Å². The topological polar surface area (TPSA) is 72.2 Å². The minimum atomic E-state index is -3.51. The third-order valence-electron chi connectivity index (χ3n) is 2.20. The molecule has 6 heteroatoms. The van der Waals surface area contributed by atoms with Crippen LogP contribution in [0.15, 0.2) is 17.0 Å². The Labute approximate surface area is 101 Å². The van der Waals surface area contributed by atoms with Gasteiger partial charge in [-0.15, -0.1) is 0 Å². The highest BCUT2D eigenvalue weighted by Gasteiger charge is 2.18. The average molecular weight is 263 g/mol. The van der Waals surface area contributed by atoms with Crippen molar-refractivity contribution in [2.45, 2.75) is 25.2 Å². The normalized spacial score (nSPS) is 11.7. The monoisotopic (exact) mass is 262 g/mol. The number of nitrogens with one attached hydrogen (secondary N) is 1. The van der Waals surface area contributed by atoms with Gasteiger partial charge in [0.05, 0.1) is 4.90 Å². The van der Waals surface area contributed by atoms with Crippen LogP contribution in [0.3, 0.4) is 0 Å². The number of halogens is 1. The van der Waals surface area contributed by atoms with Crippen molar-refractivity contribution in [3.05, 3.63) is 22.7 Å². The average Bonchev–Trinajstić information content (AvgIpc) is 2.20. The fourth-order valence-electron chi connectivity index (χ4n) is 1.27. The molecule has 0 aliphatic carbocycles. The zero-order valence-corrected chi connectivity index (χ0v) is 10.8. The van der Waals surface area contributed by atoms with Gasteiger partial charge in [-0.1, -0.05) is 18.5 Å². The molecule has 0 fully saturated rings. The fourth-order valence-corrected chi connectivity index (χ4v) is 2.99. The smallest absolute Gasteiger partial charge is 0.240 e. The molecule has 0 spiro atoms. The highest BCUT2D eigenvalue weighted by atomic mass is 35.5. The molecule has 0 unspecified atom stereocenters. The summed E-state index contributed by atoms with van der Waals surface area (Å²) in [5, 5.41) is 0.319. The standard InChI is InChI=1S/C10H15ClN2O2S/c1-3-4-13-16(14,15)10-6-8(11)5-9(12)7(10)2/h5-6,13H,3-4,12H2,1-2H3. The van der Waals surface area contributed by atoms with Crippen molar-refractivity contribution in [3.63, 3.8) is 0 Å². The lowest BCUT2D eigenvalue weighted by Crippen LogP contribution is -2.25. The van der Waals surface area contributed by atoms with Gasteiger partial charge in [0.2, 0.25) is 10.0 Å². The van der Waals surface area contributed by atoms with Gasteiger partial charge in [-0.3, -0.25) is 0 Å². The molecule has 0 aliphatic heterocycles. The summed E-state index contributed by atoms with van der Waals surface area (Å²) < 4.78 is 26.3. The van der Waals surface area contributed by atoms with Crippen molar-refractivity contribution in [2.24, 2.45) is 0 Å². The summed E-state index contributed by atoms with van der Waals surface area (Å²) in [4.78, 5) is 0.144.